The Kier molecular flexibility index (Phi) is 6.42. The van der Waals surface area contributed by atoms with E-state index in [0.29, 0.717) is 25.9 Å². The third-order valence-corrected chi connectivity index (χ3v) is 6.86. The molecule has 0 spiro atoms. The van der Waals surface area contributed by atoms with Crippen molar-refractivity contribution in [1.82, 2.24) is 0 Å². The van der Waals surface area contributed by atoms with Crippen molar-refractivity contribution in [3.63, 3.8) is 0 Å². The van der Waals surface area contributed by atoms with Crippen molar-refractivity contribution >= 4 is 0 Å². The van der Waals surface area contributed by atoms with Crippen LogP contribution in [-0.2, 0) is 14.2 Å². The summed E-state index contributed by atoms with van der Waals surface area (Å²) in [6, 6.07) is 0. The fourth-order valence-corrected chi connectivity index (χ4v) is 5.28. The Hall–Kier alpha value is -0.360. The third-order valence-electron chi connectivity index (χ3n) is 6.86. The van der Waals surface area contributed by atoms with Crippen LogP contribution in [0.15, 0.2) is 0 Å². The van der Waals surface area contributed by atoms with Gasteiger partial charge in [0.25, 0.3) is 0 Å². The van der Waals surface area contributed by atoms with Gasteiger partial charge < -0.3 is 44.8 Å². The van der Waals surface area contributed by atoms with Crippen LogP contribution >= 0.6 is 0 Å². The molecular formula is C19H34O9. The first-order chi connectivity index (χ1) is 13.0. The minimum absolute atomic E-state index is 0.00730. The molecule has 2 bridgehead atoms. The van der Waals surface area contributed by atoms with Crippen LogP contribution in [0.25, 0.3) is 0 Å². The number of aliphatic hydroxyl groups is 6. The lowest BCUT2D eigenvalue weighted by Crippen LogP contribution is -2.63. The van der Waals surface area contributed by atoms with Crippen molar-refractivity contribution in [2.24, 2.45) is 11.3 Å². The Labute approximate surface area is 164 Å². The van der Waals surface area contributed by atoms with Crippen molar-refractivity contribution in [2.75, 3.05) is 13.2 Å². The molecular weight excluding hydrogens is 372 g/mol. The molecule has 11 atom stereocenters. The zero-order chi connectivity index (χ0) is 20.9. The molecule has 2 heterocycles. The van der Waals surface area contributed by atoms with Crippen LogP contribution in [0.4, 0.5) is 0 Å². The van der Waals surface area contributed by atoms with Gasteiger partial charge in [0.05, 0.1) is 37.1 Å². The minimum atomic E-state index is -1.54. The molecule has 28 heavy (non-hydrogen) atoms. The maximum absolute atomic E-state index is 10.8. The summed E-state index contributed by atoms with van der Waals surface area (Å²) in [5.74, 6) is 0.00730. The number of hydrogen-bond donors (Lipinski definition) is 6. The molecule has 1 saturated carbocycles. The van der Waals surface area contributed by atoms with Gasteiger partial charge in [0.15, 0.2) is 6.29 Å². The van der Waals surface area contributed by atoms with Gasteiger partial charge in [0.2, 0.25) is 0 Å². The number of ether oxygens (including phenoxy) is 3. The van der Waals surface area contributed by atoms with Crippen LogP contribution in [-0.4, -0.2) is 98.5 Å². The van der Waals surface area contributed by atoms with Crippen molar-refractivity contribution in [2.45, 2.75) is 94.7 Å². The lowest BCUT2D eigenvalue weighted by Gasteiger charge is -2.51. The first-order valence-electron chi connectivity index (χ1n) is 9.99. The van der Waals surface area contributed by atoms with E-state index >= 15 is 0 Å². The fourth-order valence-electron chi connectivity index (χ4n) is 5.28. The second kappa shape index (κ2) is 8.05. The molecule has 3 aliphatic rings. The van der Waals surface area contributed by atoms with E-state index in [1.807, 2.05) is 13.8 Å². The molecule has 0 aromatic rings. The molecule has 0 amide bonds. The van der Waals surface area contributed by atoms with Crippen LogP contribution in [0.3, 0.4) is 0 Å². The van der Waals surface area contributed by atoms with Crippen molar-refractivity contribution < 1.29 is 44.8 Å². The summed E-state index contributed by atoms with van der Waals surface area (Å²) in [4.78, 5) is 0. The second-order valence-electron chi connectivity index (χ2n) is 9.11. The molecule has 9 heteroatoms. The Morgan fingerprint density at radius 2 is 1.79 bits per heavy atom. The van der Waals surface area contributed by atoms with Gasteiger partial charge in [-0.2, -0.15) is 0 Å². The summed E-state index contributed by atoms with van der Waals surface area (Å²) >= 11 is 0. The topological polar surface area (TPSA) is 149 Å². The molecule has 2 aliphatic heterocycles. The van der Waals surface area contributed by atoms with E-state index in [1.165, 1.54) is 0 Å². The monoisotopic (exact) mass is 406 g/mol. The molecule has 164 valence electrons. The van der Waals surface area contributed by atoms with E-state index in [0.717, 1.165) is 0 Å². The highest BCUT2D eigenvalue weighted by molar-refractivity contribution is 5.12. The number of rotatable bonds is 6. The summed E-state index contributed by atoms with van der Waals surface area (Å²) in [5.41, 5.74) is -1.14. The normalized spacial score (nSPS) is 52.6. The fraction of sp³-hybridized carbons (Fsp3) is 1.00. The molecule has 3 fully saturated rings. The summed E-state index contributed by atoms with van der Waals surface area (Å²) in [6.45, 7) is 5.42. The Morgan fingerprint density at radius 3 is 2.39 bits per heavy atom. The van der Waals surface area contributed by atoms with Crippen LogP contribution in [0.1, 0.15) is 40.0 Å². The van der Waals surface area contributed by atoms with Crippen molar-refractivity contribution in [3.8, 4) is 0 Å². The molecule has 1 aliphatic carbocycles. The van der Waals surface area contributed by atoms with Crippen LogP contribution in [0, 0.1) is 11.3 Å². The molecule has 0 aromatic carbocycles. The van der Waals surface area contributed by atoms with Gasteiger partial charge in [0.1, 0.15) is 24.4 Å². The molecule has 2 saturated heterocycles. The van der Waals surface area contributed by atoms with Gasteiger partial charge in [0, 0.05) is 11.8 Å². The maximum atomic E-state index is 10.8. The lowest BCUT2D eigenvalue weighted by molar-refractivity contribution is -0.331. The number of fused-ring (bicyclic) bond motifs is 2. The van der Waals surface area contributed by atoms with Crippen molar-refractivity contribution in [3.05, 3.63) is 0 Å². The Bertz CT molecular complexity index is 543. The highest BCUT2D eigenvalue weighted by atomic mass is 16.7. The molecule has 6 N–H and O–H groups in total. The lowest BCUT2D eigenvalue weighted by atomic mass is 9.59. The van der Waals surface area contributed by atoms with Gasteiger partial charge in [-0.15, -0.1) is 0 Å². The average molecular weight is 406 g/mol. The largest absolute Gasteiger partial charge is 0.394 e. The highest BCUT2D eigenvalue weighted by Gasteiger charge is 2.64. The Balaban J connectivity index is 1.80. The highest BCUT2D eigenvalue weighted by Crippen LogP contribution is 2.57. The standard InChI is InChI=1S/C19H34O9/c1-9(21)4-5-12-18(2)8-26-19(12,3)6-10(22)16(18)28-17-15(25)14(24)13(23)11(7-20)27-17/h9-17,20-25H,4-8H2,1-3H3/t9-,10-,11-,12-,13-,14+,15-,16+,17+,18-,19-/m1/s1. The first-order valence-corrected chi connectivity index (χ1v) is 9.99. The zero-order valence-electron chi connectivity index (χ0n) is 16.6. The van der Waals surface area contributed by atoms with Crippen LogP contribution < -0.4 is 0 Å². The minimum Gasteiger partial charge on any atom is -0.394 e. The molecule has 9 nitrogen and oxygen atoms in total. The van der Waals surface area contributed by atoms with E-state index in [9.17, 15) is 30.6 Å². The number of hydrogen-bond acceptors (Lipinski definition) is 9. The van der Waals surface area contributed by atoms with Gasteiger partial charge in [-0.25, -0.2) is 0 Å². The van der Waals surface area contributed by atoms with Gasteiger partial charge >= 0.3 is 0 Å². The Morgan fingerprint density at radius 1 is 1.11 bits per heavy atom. The summed E-state index contributed by atoms with van der Waals surface area (Å²) < 4.78 is 17.5. The van der Waals surface area contributed by atoms with Crippen LogP contribution in [0.2, 0.25) is 0 Å². The van der Waals surface area contributed by atoms with Crippen molar-refractivity contribution in [1.29, 1.82) is 0 Å². The number of aliphatic hydroxyl groups excluding tert-OH is 6. The van der Waals surface area contributed by atoms with E-state index < -0.39 is 66.6 Å². The summed E-state index contributed by atoms with van der Waals surface area (Å²) in [7, 11) is 0. The third kappa shape index (κ3) is 3.73. The van der Waals surface area contributed by atoms with E-state index in [2.05, 4.69) is 0 Å². The summed E-state index contributed by atoms with van der Waals surface area (Å²) in [6.07, 6.45) is -7.41. The predicted octanol–water partition coefficient (Wildman–Crippen LogP) is -1.49. The molecule has 0 radical (unpaired) electrons. The van der Waals surface area contributed by atoms with Crippen LogP contribution in [0.5, 0.6) is 0 Å². The van der Waals surface area contributed by atoms with Gasteiger partial charge in [-0.1, -0.05) is 6.92 Å². The first kappa shape index (κ1) is 22.3. The van der Waals surface area contributed by atoms with E-state index in [-0.39, 0.29) is 5.92 Å². The van der Waals surface area contributed by atoms with E-state index in [1.54, 1.807) is 6.92 Å². The quantitative estimate of drug-likeness (QED) is 0.310. The molecule has 0 unspecified atom stereocenters. The predicted molar refractivity (Wildman–Crippen MR) is 96.1 cm³/mol. The maximum Gasteiger partial charge on any atom is 0.187 e. The SMILES string of the molecule is C[C@@H](O)CC[C@@H]1[C@@]2(C)CO[C@]1(C)C[C@@H](O)[C@@H]2O[C@@H]1O[C@H](CO)[C@@H](O)[C@H](O)[C@H]1O. The second-order valence-corrected chi connectivity index (χ2v) is 9.11. The smallest absolute Gasteiger partial charge is 0.187 e. The molecule has 0 aromatic heterocycles. The zero-order valence-corrected chi connectivity index (χ0v) is 16.6. The average Bonchev–Trinajstić information content (AvgIpc) is 2.82. The van der Waals surface area contributed by atoms with Gasteiger partial charge in [-0.3, -0.25) is 0 Å². The van der Waals surface area contributed by atoms with Gasteiger partial charge in [-0.05, 0) is 32.6 Å². The molecule has 3 rings (SSSR count). The van der Waals surface area contributed by atoms with E-state index in [4.69, 9.17) is 14.2 Å². The summed E-state index contributed by atoms with van der Waals surface area (Å²) in [5, 5.41) is 60.1.